The van der Waals surface area contributed by atoms with Crippen LogP contribution in [0.5, 0.6) is 5.75 Å². The molecule has 1 fully saturated rings. The number of likely N-dealkylation sites (tertiary alicyclic amines) is 1. The van der Waals surface area contributed by atoms with E-state index in [-0.39, 0.29) is 50.1 Å². The maximum Gasteiger partial charge on any atom is 0.229 e. The first-order valence-corrected chi connectivity index (χ1v) is 6.83. The summed E-state index contributed by atoms with van der Waals surface area (Å²) in [4.78, 5) is 35.8. The van der Waals surface area contributed by atoms with Gasteiger partial charge in [0.25, 0.3) is 0 Å². The maximum atomic E-state index is 11.8. The van der Waals surface area contributed by atoms with Crippen LogP contribution in [-0.2, 0) is 14.4 Å². The average molecular weight is 301 g/mol. The second kappa shape index (κ2) is 7.22. The van der Waals surface area contributed by atoms with Gasteiger partial charge in [-0.05, 0) is 24.3 Å². The molecule has 1 N–H and O–H groups in total. The van der Waals surface area contributed by atoms with Gasteiger partial charge in [0.1, 0.15) is 11.8 Å². The van der Waals surface area contributed by atoms with E-state index in [9.17, 15) is 14.4 Å². The summed E-state index contributed by atoms with van der Waals surface area (Å²) in [5.74, 6) is -0.195. The number of carbonyl (C=O) groups is 3. The Labute approximate surface area is 127 Å². The van der Waals surface area contributed by atoms with Gasteiger partial charge in [0.2, 0.25) is 17.7 Å². The first-order valence-electron chi connectivity index (χ1n) is 6.83. The van der Waals surface area contributed by atoms with Crippen molar-refractivity contribution in [1.29, 1.82) is 5.26 Å². The van der Waals surface area contributed by atoms with Gasteiger partial charge in [-0.2, -0.15) is 5.26 Å². The standard InChI is InChI=1S/C15H15N3O4/c16-8-10-22-12-3-1-11(2-4-12)17-13(19)7-9-18-14(20)5-6-15(18)21/h1-4H,5-7,9-10H2,(H,17,19). The van der Waals surface area contributed by atoms with Crippen molar-refractivity contribution in [2.75, 3.05) is 18.5 Å². The van der Waals surface area contributed by atoms with Gasteiger partial charge in [0.05, 0.1) is 0 Å². The molecule has 1 aliphatic rings. The number of rotatable bonds is 6. The average Bonchev–Trinajstić information content (AvgIpc) is 2.83. The van der Waals surface area contributed by atoms with Crippen molar-refractivity contribution in [2.24, 2.45) is 0 Å². The van der Waals surface area contributed by atoms with E-state index in [1.54, 1.807) is 24.3 Å². The Morgan fingerprint density at radius 1 is 1.23 bits per heavy atom. The largest absolute Gasteiger partial charge is 0.479 e. The normalized spacial score (nSPS) is 13.9. The summed E-state index contributed by atoms with van der Waals surface area (Å²) in [7, 11) is 0. The first kappa shape index (κ1) is 15.5. The van der Waals surface area contributed by atoms with E-state index >= 15 is 0 Å². The molecule has 7 heteroatoms. The molecule has 3 amide bonds. The number of nitriles is 1. The number of ether oxygens (including phenoxy) is 1. The maximum absolute atomic E-state index is 11.8. The van der Waals surface area contributed by atoms with Crippen molar-refractivity contribution >= 4 is 23.4 Å². The van der Waals surface area contributed by atoms with Gasteiger partial charge in [0.15, 0.2) is 6.61 Å². The van der Waals surface area contributed by atoms with Crippen LogP contribution in [0.25, 0.3) is 0 Å². The Kier molecular flexibility index (Phi) is 5.09. The molecule has 1 heterocycles. The van der Waals surface area contributed by atoms with Crippen LogP contribution < -0.4 is 10.1 Å². The molecule has 0 bridgehead atoms. The summed E-state index contributed by atoms with van der Waals surface area (Å²) in [6, 6.07) is 8.44. The molecule has 0 radical (unpaired) electrons. The summed E-state index contributed by atoms with van der Waals surface area (Å²) in [5, 5.41) is 11.1. The summed E-state index contributed by atoms with van der Waals surface area (Å²) in [5.41, 5.74) is 0.577. The molecule has 1 saturated heterocycles. The highest BCUT2D eigenvalue weighted by Gasteiger charge is 2.28. The molecule has 0 aromatic heterocycles. The molecule has 0 unspecified atom stereocenters. The monoisotopic (exact) mass is 301 g/mol. The summed E-state index contributed by atoms with van der Waals surface area (Å²) in [6.45, 7) is 0.0659. The zero-order chi connectivity index (χ0) is 15.9. The Bertz CT molecular complexity index is 603. The smallest absolute Gasteiger partial charge is 0.229 e. The quantitative estimate of drug-likeness (QED) is 0.792. The van der Waals surface area contributed by atoms with Gasteiger partial charge in [-0.15, -0.1) is 0 Å². The van der Waals surface area contributed by atoms with E-state index in [1.807, 2.05) is 6.07 Å². The molecular formula is C15H15N3O4. The van der Waals surface area contributed by atoms with Crippen molar-refractivity contribution < 1.29 is 19.1 Å². The number of benzene rings is 1. The predicted octanol–water partition coefficient (Wildman–Crippen LogP) is 1.07. The molecule has 22 heavy (non-hydrogen) atoms. The Balaban J connectivity index is 1.80. The third-order valence-corrected chi connectivity index (χ3v) is 3.16. The summed E-state index contributed by atoms with van der Waals surface area (Å²) >= 11 is 0. The second-order valence-electron chi connectivity index (χ2n) is 4.71. The molecule has 114 valence electrons. The number of hydrogen-bond acceptors (Lipinski definition) is 5. The lowest BCUT2D eigenvalue weighted by molar-refractivity contribution is -0.138. The molecule has 2 rings (SSSR count). The third-order valence-electron chi connectivity index (χ3n) is 3.16. The van der Waals surface area contributed by atoms with Gasteiger partial charge >= 0.3 is 0 Å². The molecule has 0 atom stereocenters. The Morgan fingerprint density at radius 3 is 2.45 bits per heavy atom. The molecule has 1 aromatic rings. The van der Waals surface area contributed by atoms with Crippen molar-refractivity contribution in [3.05, 3.63) is 24.3 Å². The minimum atomic E-state index is -0.279. The van der Waals surface area contributed by atoms with E-state index in [2.05, 4.69) is 5.32 Å². The van der Waals surface area contributed by atoms with Gasteiger partial charge in [-0.3, -0.25) is 19.3 Å². The summed E-state index contributed by atoms with van der Waals surface area (Å²) in [6.07, 6.45) is 0.513. The number of nitrogens with one attached hydrogen (secondary N) is 1. The van der Waals surface area contributed by atoms with E-state index < -0.39 is 0 Å². The Morgan fingerprint density at radius 2 is 1.86 bits per heavy atom. The number of imide groups is 1. The molecule has 7 nitrogen and oxygen atoms in total. The third kappa shape index (κ3) is 4.06. The van der Waals surface area contributed by atoms with Crippen LogP contribution in [-0.4, -0.2) is 35.8 Å². The van der Waals surface area contributed by atoms with Crippen molar-refractivity contribution in [3.8, 4) is 11.8 Å². The molecular weight excluding hydrogens is 286 g/mol. The minimum Gasteiger partial charge on any atom is -0.479 e. The van der Waals surface area contributed by atoms with Gasteiger partial charge in [-0.25, -0.2) is 0 Å². The van der Waals surface area contributed by atoms with E-state index in [4.69, 9.17) is 10.00 Å². The van der Waals surface area contributed by atoms with Gasteiger partial charge in [-0.1, -0.05) is 0 Å². The zero-order valence-corrected chi connectivity index (χ0v) is 11.9. The number of nitrogens with zero attached hydrogens (tertiary/aromatic N) is 2. The Hall–Kier alpha value is -2.88. The van der Waals surface area contributed by atoms with Crippen LogP contribution in [0.15, 0.2) is 24.3 Å². The molecule has 1 aliphatic heterocycles. The van der Waals surface area contributed by atoms with Gasteiger partial charge in [0, 0.05) is 31.5 Å². The molecule has 1 aromatic carbocycles. The lowest BCUT2D eigenvalue weighted by Crippen LogP contribution is -2.32. The fourth-order valence-corrected chi connectivity index (χ4v) is 2.06. The van der Waals surface area contributed by atoms with Gasteiger partial charge < -0.3 is 10.1 Å². The fourth-order valence-electron chi connectivity index (χ4n) is 2.06. The number of carbonyl (C=O) groups excluding carboxylic acids is 3. The highest BCUT2D eigenvalue weighted by atomic mass is 16.5. The number of amides is 3. The van der Waals surface area contributed by atoms with Crippen LogP contribution in [0.2, 0.25) is 0 Å². The van der Waals surface area contributed by atoms with Crippen LogP contribution in [0.3, 0.4) is 0 Å². The molecule has 0 spiro atoms. The minimum absolute atomic E-state index is 0.0381. The summed E-state index contributed by atoms with van der Waals surface area (Å²) < 4.78 is 5.10. The number of hydrogen-bond donors (Lipinski definition) is 1. The predicted molar refractivity (Wildman–Crippen MR) is 76.8 cm³/mol. The van der Waals surface area contributed by atoms with Crippen molar-refractivity contribution in [2.45, 2.75) is 19.3 Å². The lowest BCUT2D eigenvalue weighted by atomic mass is 10.3. The number of anilines is 1. The van der Waals surface area contributed by atoms with Crippen molar-refractivity contribution in [1.82, 2.24) is 4.90 Å². The fraction of sp³-hybridized carbons (Fsp3) is 0.333. The highest BCUT2D eigenvalue weighted by molar-refractivity contribution is 6.02. The van der Waals surface area contributed by atoms with Crippen molar-refractivity contribution in [3.63, 3.8) is 0 Å². The van der Waals surface area contributed by atoms with Crippen LogP contribution in [0.1, 0.15) is 19.3 Å². The van der Waals surface area contributed by atoms with E-state index in [0.29, 0.717) is 11.4 Å². The van der Waals surface area contributed by atoms with Crippen LogP contribution in [0.4, 0.5) is 5.69 Å². The van der Waals surface area contributed by atoms with E-state index in [0.717, 1.165) is 4.90 Å². The molecule has 0 saturated carbocycles. The topological polar surface area (TPSA) is 99.5 Å². The van der Waals surface area contributed by atoms with E-state index in [1.165, 1.54) is 0 Å². The lowest BCUT2D eigenvalue weighted by Gasteiger charge is -2.13. The second-order valence-corrected chi connectivity index (χ2v) is 4.71. The zero-order valence-electron chi connectivity index (χ0n) is 11.9. The first-order chi connectivity index (χ1) is 10.6. The molecule has 0 aliphatic carbocycles. The highest BCUT2D eigenvalue weighted by Crippen LogP contribution is 2.16. The van der Waals surface area contributed by atoms with Crippen LogP contribution in [0, 0.1) is 11.3 Å². The van der Waals surface area contributed by atoms with Crippen LogP contribution >= 0.6 is 0 Å². The SMILES string of the molecule is N#CCOc1ccc(NC(=O)CCN2C(=O)CCC2=O)cc1.